The van der Waals surface area contributed by atoms with Crippen LogP contribution >= 0.6 is 0 Å². The first kappa shape index (κ1) is 12.3. The van der Waals surface area contributed by atoms with Crippen molar-refractivity contribution in [1.82, 2.24) is 0 Å². The molecule has 0 N–H and O–H groups in total. The van der Waals surface area contributed by atoms with Crippen molar-refractivity contribution >= 4 is 5.97 Å². The van der Waals surface area contributed by atoms with E-state index in [2.05, 4.69) is 58.0 Å². The molecule has 0 aromatic heterocycles. The average molecular weight is 194 g/mol. The van der Waals surface area contributed by atoms with Gasteiger partial charge in [0.2, 0.25) is 0 Å². The van der Waals surface area contributed by atoms with Crippen LogP contribution in [0.15, 0.2) is 0 Å². The molecule has 0 saturated carbocycles. The van der Waals surface area contributed by atoms with Gasteiger partial charge in [0.25, 0.3) is 0 Å². The van der Waals surface area contributed by atoms with Gasteiger partial charge in [-0.1, -0.05) is 5.92 Å². The van der Waals surface area contributed by atoms with E-state index in [1.54, 1.807) is 0 Å². The first-order chi connectivity index (χ1) is 7.31. The van der Waals surface area contributed by atoms with Crippen LogP contribution in [0, 0.1) is 59.7 Å². The molecule has 15 heavy (non-hydrogen) atoms. The van der Waals surface area contributed by atoms with Gasteiger partial charge in [-0.25, -0.2) is 0 Å². The lowest BCUT2D eigenvalue weighted by atomic mass is 10.4. The Hall–Kier alpha value is -2.73. The highest BCUT2D eigenvalue weighted by Gasteiger charge is 1.91. The summed E-state index contributed by atoms with van der Waals surface area (Å²) in [5, 5.41) is 0. The van der Waals surface area contributed by atoms with E-state index in [1.807, 2.05) is 0 Å². The minimum absolute atomic E-state index is 0.0233. The molecule has 0 aromatic rings. The van der Waals surface area contributed by atoms with E-state index in [-0.39, 0.29) is 6.42 Å². The lowest BCUT2D eigenvalue weighted by molar-refractivity contribution is -0.139. The SMILES string of the molecule is C#CC#CC#CC#CC#CCC(=O)OC. The second kappa shape index (κ2) is 9.36. The Morgan fingerprint density at radius 3 is 2.13 bits per heavy atom. The van der Waals surface area contributed by atoms with Crippen LogP contribution in [0.5, 0.6) is 0 Å². The quantitative estimate of drug-likeness (QED) is 0.440. The summed E-state index contributed by atoms with van der Waals surface area (Å²) in [6.07, 6.45) is 4.88. The Morgan fingerprint density at radius 2 is 1.60 bits per heavy atom. The maximum Gasteiger partial charge on any atom is 0.317 e. The summed E-state index contributed by atoms with van der Waals surface area (Å²) in [4.78, 5) is 10.6. The molecular formula is C13H6O2. The molecule has 0 aromatic carbocycles. The monoisotopic (exact) mass is 194 g/mol. The Kier molecular flexibility index (Phi) is 7.66. The van der Waals surface area contributed by atoms with Crippen LogP contribution in [-0.4, -0.2) is 13.1 Å². The highest BCUT2D eigenvalue weighted by atomic mass is 16.5. The summed E-state index contributed by atoms with van der Waals surface area (Å²) in [6.45, 7) is 0. The number of esters is 1. The second-order valence-electron chi connectivity index (χ2n) is 1.95. The van der Waals surface area contributed by atoms with Crippen molar-refractivity contribution in [3.63, 3.8) is 0 Å². The van der Waals surface area contributed by atoms with E-state index in [0.717, 1.165) is 0 Å². The largest absolute Gasteiger partial charge is 0.468 e. The minimum Gasteiger partial charge on any atom is -0.468 e. The Balaban J connectivity index is 4.04. The zero-order chi connectivity index (χ0) is 11.4. The van der Waals surface area contributed by atoms with Gasteiger partial charge in [0.1, 0.15) is 6.42 Å². The van der Waals surface area contributed by atoms with Crippen LogP contribution in [0.4, 0.5) is 0 Å². The Labute approximate surface area is 89.4 Å². The molecule has 0 radical (unpaired) electrons. The summed E-state index contributed by atoms with van der Waals surface area (Å²) in [7, 11) is 1.30. The maximum absolute atomic E-state index is 10.6. The standard InChI is InChI=1S/C13H6O2/c1-3-4-5-6-7-8-9-10-11-12-13(14)15-2/h1H,12H2,2H3. The molecule has 0 saturated heterocycles. The van der Waals surface area contributed by atoms with Crippen molar-refractivity contribution in [3.8, 4) is 59.7 Å². The van der Waals surface area contributed by atoms with Gasteiger partial charge in [0, 0.05) is 0 Å². The zero-order valence-corrected chi connectivity index (χ0v) is 8.10. The summed E-state index contributed by atoms with van der Waals surface area (Å²) in [6, 6.07) is 0. The molecule has 0 heterocycles. The van der Waals surface area contributed by atoms with Gasteiger partial charge >= 0.3 is 5.97 Å². The van der Waals surface area contributed by atoms with Gasteiger partial charge in [-0.15, -0.1) is 6.42 Å². The lowest BCUT2D eigenvalue weighted by Gasteiger charge is -1.87. The number of carbonyl (C=O) groups excluding carboxylic acids is 1. The normalized spacial score (nSPS) is 5.33. The zero-order valence-electron chi connectivity index (χ0n) is 8.10. The number of rotatable bonds is 1. The minimum atomic E-state index is -0.393. The third-order valence-electron chi connectivity index (χ3n) is 0.996. The van der Waals surface area contributed by atoms with E-state index >= 15 is 0 Å². The van der Waals surface area contributed by atoms with Gasteiger partial charge in [-0.3, -0.25) is 4.79 Å². The number of carbonyl (C=O) groups is 1. The van der Waals surface area contributed by atoms with Crippen molar-refractivity contribution in [1.29, 1.82) is 0 Å². The molecule has 0 aliphatic heterocycles. The molecule has 0 rings (SSSR count). The van der Waals surface area contributed by atoms with Crippen LogP contribution in [0.1, 0.15) is 6.42 Å². The van der Waals surface area contributed by atoms with Gasteiger partial charge in [-0.2, -0.15) is 0 Å². The third kappa shape index (κ3) is 9.18. The smallest absolute Gasteiger partial charge is 0.317 e. The fourth-order valence-corrected chi connectivity index (χ4v) is 0.425. The summed E-state index contributed by atoms with van der Waals surface area (Å²) in [5.74, 6) is 21.0. The number of methoxy groups -OCH3 is 1. The third-order valence-corrected chi connectivity index (χ3v) is 0.996. The van der Waals surface area contributed by atoms with E-state index in [9.17, 15) is 4.79 Å². The summed E-state index contributed by atoms with van der Waals surface area (Å²) in [5.41, 5.74) is 0. The van der Waals surface area contributed by atoms with Crippen LogP contribution < -0.4 is 0 Å². The van der Waals surface area contributed by atoms with Crippen molar-refractivity contribution in [2.24, 2.45) is 0 Å². The molecule has 2 heteroatoms. The molecule has 0 aliphatic rings. The molecule has 0 fully saturated rings. The summed E-state index contributed by atoms with van der Waals surface area (Å²) < 4.78 is 4.37. The molecule has 2 nitrogen and oxygen atoms in total. The second-order valence-corrected chi connectivity index (χ2v) is 1.95. The molecular weight excluding hydrogens is 188 g/mol. The molecule has 0 unspecified atom stereocenters. The van der Waals surface area contributed by atoms with E-state index in [0.29, 0.717) is 0 Å². The van der Waals surface area contributed by atoms with Gasteiger partial charge < -0.3 is 4.74 Å². The lowest BCUT2D eigenvalue weighted by Crippen LogP contribution is -1.96. The van der Waals surface area contributed by atoms with E-state index in [1.165, 1.54) is 7.11 Å². The van der Waals surface area contributed by atoms with Crippen LogP contribution in [0.2, 0.25) is 0 Å². The number of hydrogen-bond acceptors (Lipinski definition) is 2. The van der Waals surface area contributed by atoms with Crippen molar-refractivity contribution in [2.75, 3.05) is 7.11 Å². The number of hydrogen-bond donors (Lipinski definition) is 0. The van der Waals surface area contributed by atoms with Gasteiger partial charge in [-0.05, 0) is 47.4 Å². The highest BCUT2D eigenvalue weighted by molar-refractivity contribution is 5.72. The maximum atomic E-state index is 10.6. The topological polar surface area (TPSA) is 26.3 Å². The highest BCUT2D eigenvalue weighted by Crippen LogP contribution is 1.78. The number of terminal acetylenes is 1. The van der Waals surface area contributed by atoms with Crippen LogP contribution in [-0.2, 0) is 9.53 Å². The Morgan fingerprint density at radius 1 is 1.07 bits per heavy atom. The average Bonchev–Trinajstić information content (AvgIpc) is 2.26. The molecule has 70 valence electrons. The van der Waals surface area contributed by atoms with Crippen molar-refractivity contribution < 1.29 is 9.53 Å². The molecule has 0 spiro atoms. The first-order valence-corrected chi connectivity index (χ1v) is 3.81. The fraction of sp³-hybridized carbons (Fsp3) is 0.154. The first-order valence-electron chi connectivity index (χ1n) is 3.81. The summed E-state index contributed by atoms with van der Waals surface area (Å²) >= 11 is 0. The molecule has 0 bridgehead atoms. The molecule has 0 atom stereocenters. The predicted octanol–water partition coefficient (Wildman–Crippen LogP) is 0.196. The predicted molar refractivity (Wildman–Crippen MR) is 56.6 cm³/mol. The fourth-order valence-electron chi connectivity index (χ4n) is 0.425. The molecule has 0 amide bonds. The van der Waals surface area contributed by atoms with E-state index < -0.39 is 5.97 Å². The van der Waals surface area contributed by atoms with Crippen molar-refractivity contribution in [3.05, 3.63) is 0 Å². The van der Waals surface area contributed by atoms with Crippen molar-refractivity contribution in [2.45, 2.75) is 6.42 Å². The van der Waals surface area contributed by atoms with Gasteiger partial charge in [0.05, 0.1) is 7.11 Å². The van der Waals surface area contributed by atoms with Crippen LogP contribution in [0.3, 0.4) is 0 Å². The Bertz CT molecular complexity index is 502. The number of ether oxygens (including phenoxy) is 1. The van der Waals surface area contributed by atoms with Crippen LogP contribution in [0.25, 0.3) is 0 Å². The van der Waals surface area contributed by atoms with E-state index in [4.69, 9.17) is 6.42 Å². The molecule has 0 aliphatic carbocycles. The van der Waals surface area contributed by atoms with Gasteiger partial charge in [0.15, 0.2) is 0 Å².